The summed E-state index contributed by atoms with van der Waals surface area (Å²) in [5, 5.41) is 12.5. The Bertz CT molecular complexity index is 452. The molecule has 1 aromatic rings. The summed E-state index contributed by atoms with van der Waals surface area (Å²) >= 11 is 6.07. The van der Waals surface area contributed by atoms with Crippen LogP contribution >= 0.6 is 11.6 Å². The molecule has 0 saturated heterocycles. The highest BCUT2D eigenvalue weighted by molar-refractivity contribution is 6.33. The van der Waals surface area contributed by atoms with Gasteiger partial charge in [-0.15, -0.1) is 0 Å². The van der Waals surface area contributed by atoms with Gasteiger partial charge in [-0.1, -0.05) is 18.5 Å². The lowest BCUT2D eigenvalue weighted by molar-refractivity contribution is 0.0659. The van der Waals surface area contributed by atoms with Crippen molar-refractivity contribution in [2.45, 2.75) is 33.2 Å². The molecule has 5 nitrogen and oxygen atoms in total. The summed E-state index contributed by atoms with van der Waals surface area (Å²) in [5.74, 6) is 0.367. The zero-order valence-electron chi connectivity index (χ0n) is 12.2. The molecule has 6 heteroatoms. The van der Waals surface area contributed by atoms with Gasteiger partial charge in [0.1, 0.15) is 11.5 Å². The second-order valence-corrected chi connectivity index (χ2v) is 5.18. The number of hydrogen-bond donors (Lipinski definition) is 2. The second kappa shape index (κ2) is 8.07. The van der Waals surface area contributed by atoms with Gasteiger partial charge >= 0.3 is 0 Å². The van der Waals surface area contributed by atoms with Crippen LogP contribution in [-0.4, -0.2) is 46.6 Å². The molecule has 0 aromatic carbocycles. The molecule has 20 heavy (non-hydrogen) atoms. The number of aliphatic hydroxyl groups excluding tert-OH is 1. The predicted molar refractivity (Wildman–Crippen MR) is 81.3 cm³/mol. The van der Waals surface area contributed by atoms with Gasteiger partial charge in [0.05, 0.1) is 11.6 Å². The highest BCUT2D eigenvalue weighted by Crippen LogP contribution is 2.19. The van der Waals surface area contributed by atoms with Gasteiger partial charge in [0.2, 0.25) is 0 Å². The monoisotopic (exact) mass is 299 g/mol. The molecule has 1 aromatic heterocycles. The van der Waals surface area contributed by atoms with Crippen molar-refractivity contribution in [3.63, 3.8) is 0 Å². The molecule has 0 aliphatic rings. The zero-order chi connectivity index (χ0) is 15.1. The number of pyridine rings is 1. The maximum absolute atomic E-state index is 12.5. The summed E-state index contributed by atoms with van der Waals surface area (Å²) in [5.41, 5.74) is 0.218. The van der Waals surface area contributed by atoms with Crippen molar-refractivity contribution in [2.75, 3.05) is 25.0 Å². The predicted octanol–water partition coefficient (Wildman–Crippen LogP) is 2.40. The average Bonchev–Trinajstić information content (AvgIpc) is 2.42. The number of nitrogens with zero attached hydrogens (tertiary/aromatic N) is 2. The Hall–Kier alpha value is -1.33. The molecule has 0 fully saturated rings. The highest BCUT2D eigenvalue weighted by atomic mass is 35.5. The second-order valence-electron chi connectivity index (χ2n) is 4.77. The fourth-order valence-electron chi connectivity index (χ4n) is 1.78. The van der Waals surface area contributed by atoms with Gasteiger partial charge in [-0.2, -0.15) is 0 Å². The first-order chi connectivity index (χ1) is 9.51. The third kappa shape index (κ3) is 4.35. The maximum atomic E-state index is 12.5. The summed E-state index contributed by atoms with van der Waals surface area (Å²) in [7, 11) is 0. The van der Waals surface area contributed by atoms with Crippen LogP contribution in [0.4, 0.5) is 5.82 Å². The lowest BCUT2D eigenvalue weighted by Crippen LogP contribution is -2.39. The van der Waals surface area contributed by atoms with Crippen LogP contribution in [0.2, 0.25) is 5.02 Å². The Kier molecular flexibility index (Phi) is 6.75. The van der Waals surface area contributed by atoms with Crippen LogP contribution in [-0.2, 0) is 0 Å². The molecule has 0 radical (unpaired) electrons. The summed E-state index contributed by atoms with van der Waals surface area (Å²) in [4.78, 5) is 18.3. The lowest BCUT2D eigenvalue weighted by Gasteiger charge is -2.26. The molecule has 1 amide bonds. The standard InChI is InChI=1S/C14H22ClN3O2/c1-4-7-16-12-6-5-11(15)13(17-12)14(20)18(8-9-19)10(2)3/h5-6,10,19H,4,7-9H2,1-3H3,(H,16,17). The molecule has 0 bridgehead atoms. The molecule has 1 rings (SSSR count). The van der Waals surface area contributed by atoms with Gasteiger partial charge in [-0.3, -0.25) is 4.79 Å². The Balaban J connectivity index is 3.00. The van der Waals surface area contributed by atoms with Crippen LogP contribution < -0.4 is 5.32 Å². The SMILES string of the molecule is CCCNc1ccc(Cl)c(C(=O)N(CCO)C(C)C)n1. The smallest absolute Gasteiger partial charge is 0.274 e. The number of aliphatic hydroxyl groups is 1. The molecule has 0 unspecified atom stereocenters. The summed E-state index contributed by atoms with van der Waals surface area (Å²) < 4.78 is 0. The Morgan fingerprint density at radius 1 is 1.50 bits per heavy atom. The molecule has 0 atom stereocenters. The minimum absolute atomic E-state index is 0.0280. The van der Waals surface area contributed by atoms with E-state index in [2.05, 4.69) is 17.2 Å². The number of anilines is 1. The number of rotatable bonds is 7. The fraction of sp³-hybridized carbons (Fsp3) is 0.571. The third-order valence-electron chi connectivity index (χ3n) is 2.83. The van der Waals surface area contributed by atoms with E-state index in [0.29, 0.717) is 10.8 Å². The number of nitrogens with one attached hydrogen (secondary N) is 1. The summed E-state index contributed by atoms with van der Waals surface area (Å²) in [6.45, 7) is 6.79. The van der Waals surface area contributed by atoms with Crippen LogP contribution in [0.15, 0.2) is 12.1 Å². The molecular weight excluding hydrogens is 278 g/mol. The van der Waals surface area contributed by atoms with E-state index in [9.17, 15) is 4.79 Å². The number of amides is 1. The topological polar surface area (TPSA) is 65.5 Å². The number of carbonyl (C=O) groups excluding carboxylic acids is 1. The molecule has 0 aliphatic heterocycles. The van der Waals surface area contributed by atoms with E-state index in [0.717, 1.165) is 13.0 Å². The lowest BCUT2D eigenvalue weighted by atomic mass is 10.2. The van der Waals surface area contributed by atoms with Crippen LogP contribution in [0.5, 0.6) is 0 Å². The molecule has 112 valence electrons. The van der Waals surface area contributed by atoms with Crippen molar-refractivity contribution in [1.29, 1.82) is 0 Å². The average molecular weight is 300 g/mol. The molecule has 0 spiro atoms. The Morgan fingerprint density at radius 2 is 2.20 bits per heavy atom. The third-order valence-corrected chi connectivity index (χ3v) is 3.13. The molecule has 1 heterocycles. The van der Waals surface area contributed by atoms with Crippen molar-refractivity contribution in [3.05, 3.63) is 22.8 Å². The highest BCUT2D eigenvalue weighted by Gasteiger charge is 2.22. The van der Waals surface area contributed by atoms with E-state index in [4.69, 9.17) is 16.7 Å². The number of aromatic nitrogens is 1. The first kappa shape index (κ1) is 16.7. The van der Waals surface area contributed by atoms with Crippen molar-refractivity contribution in [1.82, 2.24) is 9.88 Å². The van der Waals surface area contributed by atoms with E-state index < -0.39 is 0 Å². The van der Waals surface area contributed by atoms with Gasteiger partial charge in [0.15, 0.2) is 0 Å². The maximum Gasteiger partial charge on any atom is 0.274 e. The van der Waals surface area contributed by atoms with Gasteiger partial charge in [-0.05, 0) is 32.4 Å². The van der Waals surface area contributed by atoms with Gasteiger partial charge in [0.25, 0.3) is 5.91 Å². The zero-order valence-corrected chi connectivity index (χ0v) is 12.9. The Morgan fingerprint density at radius 3 is 2.75 bits per heavy atom. The minimum atomic E-state index is -0.265. The fourth-order valence-corrected chi connectivity index (χ4v) is 1.97. The van der Waals surface area contributed by atoms with Gasteiger partial charge < -0.3 is 15.3 Å². The summed E-state index contributed by atoms with van der Waals surface area (Å²) in [6, 6.07) is 3.39. The van der Waals surface area contributed by atoms with Crippen molar-refractivity contribution >= 4 is 23.3 Å². The Labute approximate surface area is 125 Å². The molecule has 2 N–H and O–H groups in total. The van der Waals surface area contributed by atoms with Crippen LogP contribution in [0.3, 0.4) is 0 Å². The van der Waals surface area contributed by atoms with E-state index in [1.165, 1.54) is 0 Å². The first-order valence-electron chi connectivity index (χ1n) is 6.83. The quantitative estimate of drug-likeness (QED) is 0.811. The minimum Gasteiger partial charge on any atom is -0.395 e. The van der Waals surface area contributed by atoms with Gasteiger partial charge in [-0.25, -0.2) is 4.98 Å². The largest absolute Gasteiger partial charge is 0.395 e. The normalized spacial score (nSPS) is 10.7. The first-order valence-corrected chi connectivity index (χ1v) is 7.21. The van der Waals surface area contributed by atoms with Gasteiger partial charge in [0, 0.05) is 19.1 Å². The number of halogens is 1. The summed E-state index contributed by atoms with van der Waals surface area (Å²) in [6.07, 6.45) is 0.968. The van der Waals surface area contributed by atoms with E-state index in [-0.39, 0.29) is 30.8 Å². The van der Waals surface area contributed by atoms with Crippen LogP contribution in [0, 0.1) is 0 Å². The molecule has 0 saturated carbocycles. The molecule has 0 aliphatic carbocycles. The van der Waals surface area contributed by atoms with Crippen LogP contribution in [0.25, 0.3) is 0 Å². The van der Waals surface area contributed by atoms with E-state index in [1.807, 2.05) is 13.8 Å². The van der Waals surface area contributed by atoms with Crippen molar-refractivity contribution in [3.8, 4) is 0 Å². The van der Waals surface area contributed by atoms with E-state index in [1.54, 1.807) is 17.0 Å². The number of hydrogen-bond acceptors (Lipinski definition) is 4. The van der Waals surface area contributed by atoms with E-state index >= 15 is 0 Å². The molecular formula is C14H22ClN3O2. The van der Waals surface area contributed by atoms with Crippen molar-refractivity contribution < 1.29 is 9.90 Å². The van der Waals surface area contributed by atoms with Crippen LogP contribution in [0.1, 0.15) is 37.7 Å². The van der Waals surface area contributed by atoms with Crippen molar-refractivity contribution in [2.24, 2.45) is 0 Å². The number of carbonyl (C=O) groups is 1.